The van der Waals surface area contributed by atoms with E-state index in [-0.39, 0.29) is 0 Å². The normalized spacial score (nSPS) is 10.2. The molecule has 3 aromatic rings. The lowest BCUT2D eigenvalue weighted by atomic mass is 10.1. The standard InChI is InChI=1S/C17H19NS.2C2H6/c1-3-18(4-2)12-13-9-10-17-15(11-13)14-7-5-6-8-16(14)19-17;2*1-2/h5-11H,3-4,12H2,1-2H3;2*1-2H3. The van der Waals surface area contributed by atoms with Crippen molar-refractivity contribution in [1.82, 2.24) is 4.90 Å². The Kier molecular flexibility index (Phi) is 8.90. The molecule has 126 valence electrons. The predicted molar refractivity (Wildman–Crippen MR) is 109 cm³/mol. The van der Waals surface area contributed by atoms with Gasteiger partial charge in [0, 0.05) is 26.7 Å². The third-order valence-corrected chi connectivity index (χ3v) is 4.89. The Hall–Kier alpha value is -1.38. The van der Waals surface area contributed by atoms with Crippen LogP contribution in [0.2, 0.25) is 0 Å². The molecular formula is C21H31NS. The highest BCUT2D eigenvalue weighted by Gasteiger charge is 2.06. The van der Waals surface area contributed by atoms with E-state index in [1.54, 1.807) is 0 Å². The van der Waals surface area contributed by atoms with Crippen molar-refractivity contribution in [2.24, 2.45) is 0 Å². The van der Waals surface area contributed by atoms with Crippen LogP contribution in [0.4, 0.5) is 0 Å². The minimum atomic E-state index is 1.05. The maximum atomic E-state index is 2.45. The van der Waals surface area contributed by atoms with Crippen LogP contribution in [0.15, 0.2) is 42.5 Å². The molecule has 0 aliphatic heterocycles. The number of thiophene rings is 1. The van der Waals surface area contributed by atoms with Crippen molar-refractivity contribution in [3.63, 3.8) is 0 Å². The van der Waals surface area contributed by atoms with E-state index in [2.05, 4.69) is 61.2 Å². The zero-order valence-electron chi connectivity index (χ0n) is 15.5. The second-order valence-electron chi connectivity index (χ2n) is 4.89. The second kappa shape index (κ2) is 10.4. The van der Waals surface area contributed by atoms with Gasteiger partial charge in [0.05, 0.1) is 0 Å². The molecule has 3 rings (SSSR count). The number of hydrogen-bond acceptors (Lipinski definition) is 2. The molecule has 0 saturated carbocycles. The van der Waals surface area contributed by atoms with Gasteiger partial charge in [-0.25, -0.2) is 0 Å². The number of hydrogen-bond donors (Lipinski definition) is 0. The summed E-state index contributed by atoms with van der Waals surface area (Å²) in [7, 11) is 0. The summed E-state index contributed by atoms with van der Waals surface area (Å²) in [5, 5.41) is 2.80. The first-order chi connectivity index (χ1) is 11.3. The second-order valence-corrected chi connectivity index (χ2v) is 5.97. The van der Waals surface area contributed by atoms with Crippen molar-refractivity contribution < 1.29 is 0 Å². The summed E-state index contributed by atoms with van der Waals surface area (Å²) < 4.78 is 2.78. The van der Waals surface area contributed by atoms with E-state index in [0.29, 0.717) is 0 Å². The lowest BCUT2D eigenvalue weighted by Crippen LogP contribution is -2.21. The highest BCUT2D eigenvalue weighted by atomic mass is 32.1. The molecule has 1 aromatic heterocycles. The lowest BCUT2D eigenvalue weighted by Gasteiger charge is -2.17. The molecule has 0 N–H and O–H groups in total. The smallest absolute Gasteiger partial charge is 0.0355 e. The van der Waals surface area contributed by atoms with Crippen molar-refractivity contribution in [2.75, 3.05) is 13.1 Å². The molecule has 0 aliphatic carbocycles. The summed E-state index contributed by atoms with van der Waals surface area (Å²) >= 11 is 1.89. The maximum absolute atomic E-state index is 2.45. The van der Waals surface area contributed by atoms with Gasteiger partial charge in [0.1, 0.15) is 0 Å². The Morgan fingerprint density at radius 3 is 2.04 bits per heavy atom. The number of nitrogens with zero attached hydrogens (tertiary/aromatic N) is 1. The van der Waals surface area contributed by atoms with Crippen molar-refractivity contribution in [3.8, 4) is 0 Å². The molecule has 0 saturated heterocycles. The van der Waals surface area contributed by atoms with E-state index in [1.165, 1.54) is 25.7 Å². The topological polar surface area (TPSA) is 3.24 Å². The molecule has 0 atom stereocenters. The molecule has 2 heteroatoms. The minimum Gasteiger partial charge on any atom is -0.300 e. The lowest BCUT2D eigenvalue weighted by molar-refractivity contribution is 0.296. The summed E-state index contributed by atoms with van der Waals surface area (Å²) in [5.74, 6) is 0. The van der Waals surface area contributed by atoms with E-state index < -0.39 is 0 Å². The van der Waals surface area contributed by atoms with E-state index in [1.807, 2.05) is 39.0 Å². The first kappa shape index (κ1) is 19.7. The fraction of sp³-hybridized carbons (Fsp3) is 0.429. The molecule has 1 nitrogen and oxygen atoms in total. The average Bonchev–Trinajstić information content (AvgIpc) is 3.01. The van der Waals surface area contributed by atoms with Crippen LogP contribution in [-0.4, -0.2) is 18.0 Å². The highest BCUT2D eigenvalue weighted by molar-refractivity contribution is 7.25. The van der Waals surface area contributed by atoms with Gasteiger partial charge in [-0.3, -0.25) is 4.90 Å². The van der Waals surface area contributed by atoms with Crippen molar-refractivity contribution in [1.29, 1.82) is 0 Å². The molecular weight excluding hydrogens is 298 g/mol. The summed E-state index contributed by atoms with van der Waals surface area (Å²) in [5.41, 5.74) is 1.42. The van der Waals surface area contributed by atoms with Crippen LogP contribution in [0.25, 0.3) is 20.2 Å². The van der Waals surface area contributed by atoms with Crippen LogP contribution in [-0.2, 0) is 6.54 Å². The Morgan fingerprint density at radius 1 is 0.783 bits per heavy atom. The third kappa shape index (κ3) is 4.79. The van der Waals surface area contributed by atoms with E-state index >= 15 is 0 Å². The zero-order chi connectivity index (χ0) is 17.2. The summed E-state index contributed by atoms with van der Waals surface area (Å²) in [6.07, 6.45) is 0. The number of fused-ring (bicyclic) bond motifs is 3. The molecule has 0 aliphatic rings. The monoisotopic (exact) mass is 329 g/mol. The number of rotatable bonds is 4. The summed E-state index contributed by atoms with van der Waals surface area (Å²) in [4.78, 5) is 2.45. The van der Waals surface area contributed by atoms with Gasteiger partial charge in [0.15, 0.2) is 0 Å². The van der Waals surface area contributed by atoms with E-state index in [9.17, 15) is 0 Å². The fourth-order valence-electron chi connectivity index (χ4n) is 2.58. The molecule has 23 heavy (non-hydrogen) atoms. The molecule has 1 heterocycles. The zero-order valence-corrected chi connectivity index (χ0v) is 16.3. The quantitative estimate of drug-likeness (QED) is 0.500. The van der Waals surface area contributed by atoms with Crippen LogP contribution >= 0.6 is 11.3 Å². The highest BCUT2D eigenvalue weighted by Crippen LogP contribution is 2.34. The first-order valence-corrected chi connectivity index (χ1v) is 9.76. The predicted octanol–water partition coefficient (Wildman–Crippen LogP) is 6.95. The van der Waals surface area contributed by atoms with Crippen LogP contribution in [0, 0.1) is 0 Å². The van der Waals surface area contributed by atoms with E-state index in [0.717, 1.165) is 19.6 Å². The molecule has 0 bridgehead atoms. The van der Waals surface area contributed by atoms with Crippen LogP contribution in [0.5, 0.6) is 0 Å². The third-order valence-electron chi connectivity index (χ3n) is 3.74. The summed E-state index contributed by atoms with van der Waals surface area (Å²) in [6.45, 7) is 15.7. The Balaban J connectivity index is 0.000000615. The van der Waals surface area contributed by atoms with Crippen molar-refractivity contribution in [2.45, 2.75) is 48.1 Å². The fourth-order valence-corrected chi connectivity index (χ4v) is 3.66. The number of benzene rings is 2. The van der Waals surface area contributed by atoms with Gasteiger partial charge < -0.3 is 0 Å². The molecule has 0 spiro atoms. The maximum Gasteiger partial charge on any atom is 0.0355 e. The molecule has 0 amide bonds. The van der Waals surface area contributed by atoms with Gasteiger partial charge in [0.25, 0.3) is 0 Å². The van der Waals surface area contributed by atoms with Gasteiger partial charge >= 0.3 is 0 Å². The van der Waals surface area contributed by atoms with Gasteiger partial charge in [0.2, 0.25) is 0 Å². The van der Waals surface area contributed by atoms with E-state index in [4.69, 9.17) is 0 Å². The van der Waals surface area contributed by atoms with Crippen LogP contribution in [0.1, 0.15) is 47.1 Å². The summed E-state index contributed by atoms with van der Waals surface area (Å²) in [6, 6.07) is 15.6. The van der Waals surface area contributed by atoms with Gasteiger partial charge in [-0.05, 0) is 36.9 Å². The van der Waals surface area contributed by atoms with Gasteiger partial charge in [-0.2, -0.15) is 0 Å². The Morgan fingerprint density at radius 2 is 1.39 bits per heavy atom. The van der Waals surface area contributed by atoms with Crippen molar-refractivity contribution in [3.05, 3.63) is 48.0 Å². The van der Waals surface area contributed by atoms with Crippen LogP contribution < -0.4 is 0 Å². The molecule has 0 radical (unpaired) electrons. The van der Waals surface area contributed by atoms with Gasteiger partial charge in [-0.15, -0.1) is 11.3 Å². The van der Waals surface area contributed by atoms with Crippen molar-refractivity contribution >= 4 is 31.5 Å². The Labute approximate surface area is 145 Å². The molecule has 0 unspecified atom stereocenters. The average molecular weight is 330 g/mol. The van der Waals surface area contributed by atoms with Gasteiger partial charge in [-0.1, -0.05) is 65.8 Å². The molecule has 0 fully saturated rings. The Bertz CT molecular complexity index is 695. The SMILES string of the molecule is CC.CC.CCN(CC)Cc1ccc2sc3ccccc3c2c1. The van der Waals surface area contributed by atoms with Crippen LogP contribution in [0.3, 0.4) is 0 Å². The molecule has 2 aromatic carbocycles. The first-order valence-electron chi connectivity index (χ1n) is 8.94. The minimum absolute atomic E-state index is 1.05. The largest absolute Gasteiger partial charge is 0.300 e.